The van der Waals surface area contributed by atoms with Crippen molar-refractivity contribution < 1.29 is 0 Å². The van der Waals surface area contributed by atoms with Crippen LogP contribution in [-0.2, 0) is 0 Å². The maximum atomic E-state index is 6.39. The molecule has 3 nitrogen and oxygen atoms in total. The molecule has 1 heterocycles. The second-order valence-electron chi connectivity index (χ2n) is 1.26. The van der Waals surface area contributed by atoms with E-state index in [1.807, 2.05) is 0 Å². The first-order valence-corrected chi connectivity index (χ1v) is 3.22. The lowest BCUT2D eigenvalue weighted by Crippen LogP contribution is -2.07. The van der Waals surface area contributed by atoms with Gasteiger partial charge < -0.3 is 0 Å². The number of hydrogen-bond acceptors (Lipinski definition) is 3. The van der Waals surface area contributed by atoms with E-state index in [1.165, 1.54) is 0 Å². The van der Waals surface area contributed by atoms with Crippen molar-refractivity contribution in [2.24, 2.45) is 4.99 Å². The van der Waals surface area contributed by atoms with Crippen LogP contribution in [0.25, 0.3) is 4.95 Å². The van der Waals surface area contributed by atoms with Crippen LogP contribution in [0.5, 0.6) is 0 Å². The molecule has 8 heavy (non-hydrogen) atoms. The Kier molecular flexibility index (Phi) is 1.75. The lowest BCUT2D eigenvalue weighted by Gasteiger charge is -1.83. The summed E-state index contributed by atoms with van der Waals surface area (Å²) in [6.07, 6.45) is 0. The Morgan fingerprint density at radius 2 is 2.75 bits per heavy atom. The molecular weight excluding hydrogens is 122 g/mol. The Labute approximate surface area is 52.0 Å². The Balaban J connectivity index is 2.36. The monoisotopic (exact) mass is 127 g/mol. The van der Waals surface area contributed by atoms with Crippen molar-refractivity contribution in [3.63, 3.8) is 0 Å². The summed E-state index contributed by atoms with van der Waals surface area (Å²) in [4.78, 5) is 6.95. The van der Waals surface area contributed by atoms with Gasteiger partial charge >= 0.3 is 0 Å². The quantitative estimate of drug-likeness (QED) is 0.379. The van der Waals surface area contributed by atoms with Gasteiger partial charge in [-0.1, -0.05) is 17.2 Å². The van der Waals surface area contributed by atoms with E-state index in [4.69, 9.17) is 6.57 Å². The fourth-order valence-electron chi connectivity index (χ4n) is 0.451. The number of rotatable bonds is 0. The van der Waals surface area contributed by atoms with Crippen LogP contribution in [0.15, 0.2) is 4.99 Å². The summed E-state index contributed by atoms with van der Waals surface area (Å²) in [5.41, 5.74) is 2.45. The molecule has 1 aliphatic rings. The van der Waals surface area contributed by atoms with Crippen LogP contribution < -0.4 is 5.43 Å². The molecule has 0 saturated heterocycles. The van der Waals surface area contributed by atoms with Gasteiger partial charge in [0.25, 0.3) is 0 Å². The molecule has 4 heteroatoms. The highest BCUT2D eigenvalue weighted by atomic mass is 32.2. The summed E-state index contributed by atoms with van der Waals surface area (Å²) in [6, 6.07) is 0. The van der Waals surface area contributed by atoms with Gasteiger partial charge in [0.2, 0.25) is 5.17 Å². The molecule has 0 aromatic heterocycles. The topological polar surface area (TPSA) is 28.8 Å². The zero-order chi connectivity index (χ0) is 5.82. The van der Waals surface area contributed by atoms with Crippen LogP contribution >= 0.6 is 11.8 Å². The van der Waals surface area contributed by atoms with Crippen molar-refractivity contribution in [3.05, 3.63) is 11.5 Å². The number of aliphatic imine (C=N–C) groups is 1. The van der Waals surface area contributed by atoms with Gasteiger partial charge in [-0.3, -0.25) is 4.99 Å². The molecule has 0 aliphatic carbocycles. The third kappa shape index (κ3) is 1.14. The van der Waals surface area contributed by atoms with Gasteiger partial charge in [-0.2, -0.15) is 11.5 Å². The van der Waals surface area contributed by atoms with Gasteiger partial charge in [0.1, 0.15) is 0 Å². The fourth-order valence-corrected chi connectivity index (χ4v) is 1.12. The molecular formula is C4H5N3S. The van der Waals surface area contributed by atoms with Gasteiger partial charge in [-0.15, -0.1) is 0 Å². The van der Waals surface area contributed by atoms with E-state index in [1.54, 1.807) is 11.8 Å². The van der Waals surface area contributed by atoms with Crippen molar-refractivity contribution in [1.29, 1.82) is 0 Å². The minimum Gasteiger partial charge on any atom is -0.256 e. The maximum absolute atomic E-state index is 6.39. The van der Waals surface area contributed by atoms with E-state index < -0.39 is 0 Å². The normalized spacial score (nSPS) is 17.1. The third-order valence-electron chi connectivity index (χ3n) is 0.737. The van der Waals surface area contributed by atoms with E-state index in [9.17, 15) is 0 Å². The van der Waals surface area contributed by atoms with Crippen LogP contribution in [0.1, 0.15) is 0 Å². The highest BCUT2D eigenvalue weighted by Gasteiger charge is 2.06. The molecule has 1 rings (SSSR count). The first kappa shape index (κ1) is 5.45. The molecule has 0 fully saturated rings. The Morgan fingerprint density at radius 1 is 1.88 bits per heavy atom. The number of nitrogens with one attached hydrogen (secondary N) is 1. The Hall–Kier alpha value is -0.690. The van der Waals surface area contributed by atoms with E-state index in [0.717, 1.165) is 17.5 Å². The highest BCUT2D eigenvalue weighted by molar-refractivity contribution is 8.14. The van der Waals surface area contributed by atoms with Crippen LogP contribution in [-0.4, -0.2) is 17.5 Å². The molecule has 0 aromatic carbocycles. The van der Waals surface area contributed by atoms with Gasteiger partial charge in [0, 0.05) is 5.75 Å². The average molecular weight is 127 g/mol. The number of nitrogens with zero attached hydrogens (tertiary/aromatic N) is 2. The van der Waals surface area contributed by atoms with Crippen molar-refractivity contribution in [3.8, 4) is 0 Å². The van der Waals surface area contributed by atoms with Crippen molar-refractivity contribution >= 4 is 16.9 Å². The molecule has 0 atom stereocenters. The maximum Gasteiger partial charge on any atom is 0.228 e. The summed E-state index contributed by atoms with van der Waals surface area (Å²) in [6.45, 7) is 7.24. The van der Waals surface area contributed by atoms with E-state index >= 15 is 0 Å². The molecule has 0 bridgehead atoms. The SMILES string of the molecule is [C-]#[N+]NC1=NCCS1. The molecule has 1 N–H and O–H groups in total. The zero-order valence-electron chi connectivity index (χ0n) is 4.22. The standard InChI is InChI=1S/C4H5N3S/c1-5-7-4-6-2-3-8-4/h2-3H2,(H,6,7). The second-order valence-corrected chi connectivity index (χ2v) is 2.34. The predicted octanol–water partition coefficient (Wildman–Crippen LogP) is 0.513. The fraction of sp³-hybridized carbons (Fsp3) is 0.500. The van der Waals surface area contributed by atoms with Crippen molar-refractivity contribution in [1.82, 2.24) is 5.43 Å². The second kappa shape index (κ2) is 2.58. The largest absolute Gasteiger partial charge is 0.256 e. The van der Waals surface area contributed by atoms with E-state index in [2.05, 4.69) is 15.4 Å². The van der Waals surface area contributed by atoms with Gasteiger partial charge in [0.05, 0.1) is 6.54 Å². The Morgan fingerprint density at radius 3 is 3.25 bits per heavy atom. The molecule has 0 aromatic rings. The predicted molar refractivity (Wildman–Crippen MR) is 34.5 cm³/mol. The van der Waals surface area contributed by atoms with Crippen LogP contribution in [0.3, 0.4) is 0 Å². The van der Waals surface area contributed by atoms with E-state index in [0.29, 0.717) is 0 Å². The Bertz CT molecular complexity index is 146. The van der Waals surface area contributed by atoms with Gasteiger partial charge in [-0.05, 0) is 0 Å². The molecule has 0 unspecified atom stereocenters. The molecule has 0 amide bonds. The first-order chi connectivity index (χ1) is 3.93. The summed E-state index contributed by atoms with van der Waals surface area (Å²) < 4.78 is 0. The number of hydrogen-bond donors (Lipinski definition) is 1. The summed E-state index contributed by atoms with van der Waals surface area (Å²) in [7, 11) is 0. The summed E-state index contributed by atoms with van der Waals surface area (Å²) in [5.74, 6) is 1.01. The third-order valence-corrected chi connectivity index (χ3v) is 1.62. The van der Waals surface area contributed by atoms with Crippen LogP contribution in [0, 0.1) is 6.57 Å². The summed E-state index contributed by atoms with van der Waals surface area (Å²) >= 11 is 1.59. The smallest absolute Gasteiger partial charge is 0.228 e. The van der Waals surface area contributed by atoms with Crippen LogP contribution in [0.4, 0.5) is 0 Å². The van der Waals surface area contributed by atoms with Gasteiger partial charge in [-0.25, -0.2) is 0 Å². The number of amidine groups is 1. The molecule has 0 saturated carbocycles. The first-order valence-electron chi connectivity index (χ1n) is 2.23. The van der Waals surface area contributed by atoms with Gasteiger partial charge in [0.15, 0.2) is 0 Å². The number of thioether (sulfide) groups is 1. The van der Waals surface area contributed by atoms with Crippen molar-refractivity contribution in [2.45, 2.75) is 0 Å². The highest BCUT2D eigenvalue weighted by Crippen LogP contribution is 2.08. The summed E-state index contributed by atoms with van der Waals surface area (Å²) in [5, 5.41) is 0.764. The molecule has 0 spiro atoms. The lowest BCUT2D eigenvalue weighted by atomic mass is 10.8. The van der Waals surface area contributed by atoms with Crippen LogP contribution in [0.2, 0.25) is 0 Å². The molecule has 42 valence electrons. The zero-order valence-corrected chi connectivity index (χ0v) is 5.03. The minimum absolute atomic E-state index is 0.764. The van der Waals surface area contributed by atoms with Crippen molar-refractivity contribution in [2.75, 3.05) is 12.3 Å². The molecule has 0 radical (unpaired) electrons. The average Bonchev–Trinajstić information content (AvgIpc) is 2.19. The van der Waals surface area contributed by atoms with E-state index in [-0.39, 0.29) is 0 Å². The molecule has 1 aliphatic heterocycles. The lowest BCUT2D eigenvalue weighted by molar-refractivity contribution is 1.15. The minimum atomic E-state index is 0.764.